The van der Waals surface area contributed by atoms with E-state index in [4.69, 9.17) is 4.74 Å². The van der Waals surface area contributed by atoms with Gasteiger partial charge in [0.25, 0.3) is 5.91 Å². The number of rotatable bonds is 7. The van der Waals surface area contributed by atoms with Crippen LogP contribution in [0.3, 0.4) is 0 Å². The van der Waals surface area contributed by atoms with Crippen molar-refractivity contribution in [1.29, 1.82) is 0 Å². The molecule has 1 atom stereocenters. The number of hydrogen-bond acceptors (Lipinski definition) is 4. The van der Waals surface area contributed by atoms with E-state index in [2.05, 4.69) is 10.2 Å². The third kappa shape index (κ3) is 5.37. The third-order valence-corrected chi connectivity index (χ3v) is 6.69. The van der Waals surface area contributed by atoms with Crippen molar-refractivity contribution in [3.8, 4) is 16.9 Å². The Bertz CT molecular complexity index is 1470. The summed E-state index contributed by atoms with van der Waals surface area (Å²) in [7, 11) is 0. The first kappa shape index (κ1) is 25.0. The van der Waals surface area contributed by atoms with Crippen LogP contribution in [0, 0.1) is 5.82 Å². The molecular formula is C31H27FN2O4. The summed E-state index contributed by atoms with van der Waals surface area (Å²) in [6.45, 7) is 3.69. The zero-order valence-electron chi connectivity index (χ0n) is 20.9. The van der Waals surface area contributed by atoms with E-state index < -0.39 is 5.97 Å². The van der Waals surface area contributed by atoms with Crippen molar-refractivity contribution in [2.75, 3.05) is 18.1 Å². The average molecular weight is 511 g/mol. The summed E-state index contributed by atoms with van der Waals surface area (Å²) >= 11 is 0. The quantitative estimate of drug-likeness (QED) is 0.315. The predicted octanol–water partition coefficient (Wildman–Crippen LogP) is 6.08. The van der Waals surface area contributed by atoms with Crippen LogP contribution in [0.2, 0.25) is 0 Å². The van der Waals surface area contributed by atoms with E-state index >= 15 is 0 Å². The lowest BCUT2D eigenvalue weighted by atomic mass is 9.98. The van der Waals surface area contributed by atoms with Crippen LogP contribution in [0.1, 0.15) is 44.8 Å². The number of aromatic carboxylic acids is 1. The molecule has 0 spiro atoms. The lowest BCUT2D eigenvalue weighted by Gasteiger charge is -2.31. The fourth-order valence-corrected chi connectivity index (χ4v) is 4.63. The molecule has 6 nitrogen and oxygen atoms in total. The van der Waals surface area contributed by atoms with Crippen LogP contribution >= 0.6 is 0 Å². The molecule has 0 radical (unpaired) electrons. The van der Waals surface area contributed by atoms with Crippen LogP contribution in [0.25, 0.3) is 11.1 Å². The van der Waals surface area contributed by atoms with E-state index in [0.29, 0.717) is 36.6 Å². The number of ether oxygens (including phenoxy) is 1. The number of carboxylic acids is 1. The normalized spacial score (nSPS) is 13.3. The van der Waals surface area contributed by atoms with Crippen LogP contribution < -0.4 is 15.0 Å². The predicted molar refractivity (Wildman–Crippen MR) is 144 cm³/mol. The molecule has 0 saturated carbocycles. The molecule has 0 aromatic heterocycles. The standard InChI is InChI=1S/C31H27FN2O4/c1-20(22-10-13-25(32)14-11-22)33-30(35)24-12-15-28-29(18-24)38-17-16-34(28)19-21-6-8-23(9-7-21)26-4-2-3-5-27(26)31(36)37/h2-15,18,20H,16-17,19H2,1H3,(H,33,35)(H,36,37)/t20-/m0/s1. The van der Waals surface area contributed by atoms with Crippen molar-refractivity contribution < 1.29 is 23.8 Å². The number of anilines is 1. The summed E-state index contributed by atoms with van der Waals surface area (Å²) in [5.74, 6) is -0.858. The highest BCUT2D eigenvalue weighted by molar-refractivity contribution is 5.96. The Labute approximate surface area is 220 Å². The lowest BCUT2D eigenvalue weighted by molar-refractivity contribution is 0.0697. The largest absolute Gasteiger partial charge is 0.490 e. The van der Waals surface area contributed by atoms with Crippen LogP contribution in [0.5, 0.6) is 5.75 Å². The second-order valence-electron chi connectivity index (χ2n) is 9.25. The minimum Gasteiger partial charge on any atom is -0.490 e. The van der Waals surface area contributed by atoms with E-state index in [1.807, 2.05) is 49.4 Å². The molecular weight excluding hydrogens is 483 g/mol. The summed E-state index contributed by atoms with van der Waals surface area (Å²) < 4.78 is 19.1. The summed E-state index contributed by atoms with van der Waals surface area (Å²) in [4.78, 5) is 26.7. The summed E-state index contributed by atoms with van der Waals surface area (Å²) in [5, 5.41) is 12.4. The van der Waals surface area contributed by atoms with E-state index in [1.54, 1.807) is 36.4 Å². The third-order valence-electron chi connectivity index (χ3n) is 6.69. The maximum absolute atomic E-state index is 13.2. The van der Waals surface area contributed by atoms with Gasteiger partial charge in [-0.15, -0.1) is 0 Å². The number of hydrogen-bond donors (Lipinski definition) is 2. The number of amides is 1. The van der Waals surface area contributed by atoms with Crippen molar-refractivity contribution in [1.82, 2.24) is 5.32 Å². The zero-order chi connectivity index (χ0) is 26.6. The summed E-state index contributed by atoms with van der Waals surface area (Å²) in [5.41, 5.74) is 5.08. The number of fused-ring (bicyclic) bond motifs is 1. The van der Waals surface area contributed by atoms with Gasteiger partial charge in [0.15, 0.2) is 0 Å². The molecule has 4 aromatic carbocycles. The molecule has 38 heavy (non-hydrogen) atoms. The van der Waals surface area contributed by atoms with Gasteiger partial charge in [0.1, 0.15) is 18.2 Å². The average Bonchev–Trinajstić information content (AvgIpc) is 2.93. The van der Waals surface area contributed by atoms with Crippen molar-refractivity contribution in [2.24, 2.45) is 0 Å². The van der Waals surface area contributed by atoms with Gasteiger partial charge in [-0.05, 0) is 65.6 Å². The molecule has 1 amide bonds. The fraction of sp³-hybridized carbons (Fsp3) is 0.161. The number of benzene rings is 4. The van der Waals surface area contributed by atoms with Crippen molar-refractivity contribution in [2.45, 2.75) is 19.5 Å². The van der Waals surface area contributed by atoms with Crippen LogP contribution in [-0.2, 0) is 6.54 Å². The Kier molecular flexibility index (Phi) is 7.09. The van der Waals surface area contributed by atoms with Gasteiger partial charge < -0.3 is 20.1 Å². The van der Waals surface area contributed by atoms with Gasteiger partial charge in [-0.3, -0.25) is 4.79 Å². The number of carbonyl (C=O) groups is 2. The van der Waals surface area contributed by atoms with E-state index in [0.717, 1.165) is 22.4 Å². The zero-order valence-corrected chi connectivity index (χ0v) is 20.9. The van der Waals surface area contributed by atoms with Gasteiger partial charge in [-0.1, -0.05) is 54.6 Å². The number of nitrogens with zero attached hydrogens (tertiary/aromatic N) is 1. The first-order valence-corrected chi connectivity index (χ1v) is 12.4. The highest BCUT2D eigenvalue weighted by Crippen LogP contribution is 2.34. The minimum absolute atomic E-state index is 0.234. The highest BCUT2D eigenvalue weighted by atomic mass is 19.1. The molecule has 1 aliphatic rings. The van der Waals surface area contributed by atoms with Gasteiger partial charge in [-0.2, -0.15) is 0 Å². The number of carboxylic acid groups (broad SMARTS) is 1. The Morgan fingerprint density at radius 1 is 1.00 bits per heavy atom. The van der Waals surface area contributed by atoms with Gasteiger partial charge in [0, 0.05) is 12.1 Å². The van der Waals surface area contributed by atoms with E-state index in [9.17, 15) is 19.1 Å². The molecule has 0 fully saturated rings. The van der Waals surface area contributed by atoms with E-state index in [-0.39, 0.29) is 23.3 Å². The molecule has 0 bridgehead atoms. The summed E-state index contributed by atoms with van der Waals surface area (Å²) in [6.07, 6.45) is 0. The second kappa shape index (κ2) is 10.8. The smallest absolute Gasteiger partial charge is 0.336 e. The monoisotopic (exact) mass is 510 g/mol. The molecule has 7 heteroatoms. The van der Waals surface area contributed by atoms with Crippen molar-refractivity contribution >= 4 is 17.6 Å². The fourth-order valence-electron chi connectivity index (χ4n) is 4.63. The Hall–Kier alpha value is -4.65. The number of nitrogens with one attached hydrogen (secondary N) is 1. The molecule has 1 heterocycles. The van der Waals surface area contributed by atoms with Crippen LogP contribution in [-0.4, -0.2) is 30.1 Å². The van der Waals surface area contributed by atoms with Crippen molar-refractivity contribution in [3.63, 3.8) is 0 Å². The molecule has 5 rings (SSSR count). The Balaban J connectivity index is 1.29. The first-order valence-electron chi connectivity index (χ1n) is 12.4. The number of halogens is 1. The molecule has 1 aliphatic heterocycles. The van der Waals surface area contributed by atoms with Gasteiger partial charge in [0.05, 0.1) is 23.8 Å². The SMILES string of the molecule is C[C@H](NC(=O)c1ccc2c(c1)OCCN2Cc1ccc(-c2ccccc2C(=O)O)cc1)c1ccc(F)cc1. The summed E-state index contributed by atoms with van der Waals surface area (Å²) in [6, 6.07) is 26.1. The molecule has 0 unspecified atom stereocenters. The Morgan fingerprint density at radius 3 is 2.47 bits per heavy atom. The maximum Gasteiger partial charge on any atom is 0.336 e. The van der Waals surface area contributed by atoms with Gasteiger partial charge in [-0.25, -0.2) is 9.18 Å². The van der Waals surface area contributed by atoms with E-state index in [1.165, 1.54) is 12.1 Å². The molecule has 2 N–H and O–H groups in total. The molecule has 0 aliphatic carbocycles. The number of carbonyl (C=O) groups excluding carboxylic acids is 1. The van der Waals surface area contributed by atoms with Gasteiger partial charge >= 0.3 is 5.97 Å². The van der Waals surface area contributed by atoms with Crippen LogP contribution in [0.4, 0.5) is 10.1 Å². The molecule has 192 valence electrons. The Morgan fingerprint density at radius 2 is 1.74 bits per heavy atom. The molecule has 0 saturated heterocycles. The second-order valence-corrected chi connectivity index (χ2v) is 9.25. The van der Waals surface area contributed by atoms with Gasteiger partial charge in [0.2, 0.25) is 0 Å². The molecule has 4 aromatic rings. The lowest BCUT2D eigenvalue weighted by Crippen LogP contribution is -2.32. The topological polar surface area (TPSA) is 78.9 Å². The minimum atomic E-state index is -0.951. The van der Waals surface area contributed by atoms with Crippen LogP contribution in [0.15, 0.2) is 91.0 Å². The van der Waals surface area contributed by atoms with Crippen molar-refractivity contribution in [3.05, 3.63) is 119 Å². The first-order chi connectivity index (χ1) is 18.4. The maximum atomic E-state index is 13.2. The highest BCUT2D eigenvalue weighted by Gasteiger charge is 2.21.